The molecule has 4 N–H and O–H groups in total. The zero-order valence-electron chi connectivity index (χ0n) is 15.8. The van der Waals surface area contributed by atoms with Crippen LogP contribution >= 0.6 is 11.9 Å². The molecule has 0 rings (SSSR count). The monoisotopic (exact) mass is 400 g/mol. The summed E-state index contributed by atoms with van der Waals surface area (Å²) in [4.78, 5) is 47.0. The van der Waals surface area contributed by atoms with Gasteiger partial charge in [0.15, 0.2) is 0 Å². The number of carbonyl (C=O) groups excluding carboxylic acids is 4. The van der Waals surface area contributed by atoms with Gasteiger partial charge in [0.1, 0.15) is 16.2 Å². The maximum absolute atomic E-state index is 12.2. The molecule has 0 saturated heterocycles. The van der Waals surface area contributed by atoms with E-state index in [1.165, 1.54) is 6.20 Å². The maximum atomic E-state index is 12.2. The van der Waals surface area contributed by atoms with Crippen molar-refractivity contribution in [3.8, 4) is 0 Å². The highest BCUT2D eigenvalue weighted by Crippen LogP contribution is 2.14. The quantitative estimate of drug-likeness (QED) is 0.265. The zero-order valence-corrected chi connectivity index (χ0v) is 16.7. The van der Waals surface area contributed by atoms with Crippen LogP contribution in [0.5, 0.6) is 0 Å². The Morgan fingerprint density at radius 1 is 1.00 bits per heavy atom. The number of rotatable bonds is 8. The number of hydrogen-bond acceptors (Lipinski definition) is 8. The molecule has 10 nitrogen and oxygen atoms in total. The van der Waals surface area contributed by atoms with Crippen molar-refractivity contribution < 1.29 is 28.7 Å². The van der Waals surface area contributed by atoms with E-state index in [1.54, 1.807) is 27.8 Å². The van der Waals surface area contributed by atoms with E-state index < -0.39 is 29.5 Å². The molecule has 0 radical (unpaired) electrons. The Hall–Kier alpha value is -2.95. The van der Waals surface area contributed by atoms with Crippen LogP contribution < -0.4 is 20.7 Å². The number of esters is 1. The molecule has 0 aromatic rings. The molecule has 0 bridgehead atoms. The fourth-order valence-corrected chi connectivity index (χ4v) is 1.87. The molecule has 0 aliphatic carbocycles. The highest BCUT2D eigenvalue weighted by atomic mass is 32.2. The van der Waals surface area contributed by atoms with Gasteiger partial charge >= 0.3 is 12.1 Å². The molecule has 0 fully saturated rings. The molecule has 0 aliphatic rings. The van der Waals surface area contributed by atoms with E-state index >= 15 is 0 Å². The van der Waals surface area contributed by atoms with Gasteiger partial charge in [-0.15, -0.1) is 0 Å². The molecule has 0 aromatic carbocycles. The Balaban J connectivity index is 4.80. The lowest BCUT2D eigenvalue weighted by Crippen LogP contribution is -2.36. The summed E-state index contributed by atoms with van der Waals surface area (Å²) in [5.41, 5.74) is -1.36. The molecule has 0 spiro atoms. The fraction of sp³-hybridized carbons (Fsp3) is 0.375. The van der Waals surface area contributed by atoms with E-state index in [0.29, 0.717) is 11.9 Å². The average molecular weight is 400 g/mol. The molecule has 0 atom stereocenters. The van der Waals surface area contributed by atoms with Crippen LogP contribution in [-0.4, -0.2) is 43.6 Å². The minimum absolute atomic E-state index is 0.0177. The number of hydrogen-bond donors (Lipinski definition) is 4. The van der Waals surface area contributed by atoms with Gasteiger partial charge in [0.2, 0.25) is 0 Å². The molecule has 150 valence electrons. The van der Waals surface area contributed by atoms with Crippen LogP contribution in [0.2, 0.25) is 0 Å². The fourth-order valence-electron chi connectivity index (χ4n) is 1.31. The van der Waals surface area contributed by atoms with Crippen molar-refractivity contribution in [1.82, 2.24) is 20.7 Å². The molecule has 3 amide bonds. The first-order valence-electron chi connectivity index (χ1n) is 7.53. The molecule has 0 aliphatic heterocycles. The van der Waals surface area contributed by atoms with E-state index in [0.717, 1.165) is 7.11 Å². The van der Waals surface area contributed by atoms with Gasteiger partial charge < -0.3 is 25.4 Å². The van der Waals surface area contributed by atoms with E-state index in [4.69, 9.17) is 4.74 Å². The van der Waals surface area contributed by atoms with Crippen LogP contribution in [-0.2, 0) is 23.9 Å². The Labute approximate surface area is 161 Å². The van der Waals surface area contributed by atoms with Crippen molar-refractivity contribution in [2.45, 2.75) is 26.4 Å². The van der Waals surface area contributed by atoms with Crippen molar-refractivity contribution in [2.24, 2.45) is 0 Å². The molecular weight excluding hydrogens is 376 g/mol. The Bertz CT molecular complexity index is 666. The largest absolute Gasteiger partial charge is 0.464 e. The standard InChI is InChI=1S/C16H24N4O6S/c1-9(12(21)19-10(2)14(23)25-7)18-13(22)11(8-17-6)27-20-15(24)26-16(3,4)5/h8,17H,1-2H2,3-7H3,(H,18,22)(H,19,21)(H,20,24)/b11-8-. The Kier molecular flexibility index (Phi) is 9.72. The van der Waals surface area contributed by atoms with E-state index in [2.05, 4.69) is 38.6 Å². The second kappa shape index (κ2) is 10.9. The van der Waals surface area contributed by atoms with Crippen LogP contribution in [0.15, 0.2) is 35.7 Å². The van der Waals surface area contributed by atoms with E-state index in [9.17, 15) is 19.2 Å². The molecule has 0 aromatic heterocycles. The third kappa shape index (κ3) is 9.94. The van der Waals surface area contributed by atoms with Crippen molar-refractivity contribution in [1.29, 1.82) is 0 Å². The Morgan fingerprint density at radius 2 is 1.56 bits per heavy atom. The van der Waals surface area contributed by atoms with Crippen LogP contribution in [0, 0.1) is 0 Å². The first-order chi connectivity index (χ1) is 12.4. The lowest BCUT2D eigenvalue weighted by Gasteiger charge is -2.19. The summed E-state index contributed by atoms with van der Waals surface area (Å²) >= 11 is 0.677. The SMILES string of the molecule is C=C(NC(=O)/C(=C/NC)SNC(=O)OC(C)(C)C)C(=O)NC(=C)C(=O)OC. The Morgan fingerprint density at radius 3 is 2.04 bits per heavy atom. The number of nitrogens with one attached hydrogen (secondary N) is 4. The highest BCUT2D eigenvalue weighted by Gasteiger charge is 2.20. The van der Waals surface area contributed by atoms with Crippen LogP contribution in [0.25, 0.3) is 0 Å². The number of carbonyl (C=O) groups is 4. The van der Waals surface area contributed by atoms with Gasteiger partial charge in [0.05, 0.1) is 12.8 Å². The third-order valence-electron chi connectivity index (χ3n) is 2.38. The van der Waals surface area contributed by atoms with Gasteiger partial charge in [0, 0.05) is 13.2 Å². The zero-order chi connectivity index (χ0) is 21.2. The predicted molar refractivity (Wildman–Crippen MR) is 101 cm³/mol. The second-order valence-electron chi connectivity index (χ2n) is 5.86. The first-order valence-corrected chi connectivity index (χ1v) is 8.35. The summed E-state index contributed by atoms with van der Waals surface area (Å²) < 4.78 is 11.8. The van der Waals surface area contributed by atoms with Crippen LogP contribution in [0.1, 0.15) is 20.8 Å². The van der Waals surface area contributed by atoms with Gasteiger partial charge in [-0.3, -0.25) is 14.3 Å². The molecule has 0 saturated carbocycles. The highest BCUT2D eigenvalue weighted by molar-refractivity contribution is 8.02. The smallest absolute Gasteiger partial charge is 0.418 e. The number of ether oxygens (including phenoxy) is 2. The summed E-state index contributed by atoms with van der Waals surface area (Å²) in [7, 11) is 2.67. The number of methoxy groups -OCH3 is 1. The maximum Gasteiger partial charge on any atom is 0.418 e. The molecule has 0 unspecified atom stereocenters. The minimum Gasteiger partial charge on any atom is -0.464 e. The normalized spacial score (nSPS) is 10.9. The summed E-state index contributed by atoms with van der Waals surface area (Å²) in [5, 5.41) is 7.00. The predicted octanol–water partition coefficient (Wildman–Crippen LogP) is 0.653. The lowest BCUT2D eigenvalue weighted by molar-refractivity contribution is -0.137. The summed E-state index contributed by atoms with van der Waals surface area (Å²) in [6, 6.07) is 0. The number of amides is 3. The molecule has 27 heavy (non-hydrogen) atoms. The van der Waals surface area contributed by atoms with Gasteiger partial charge in [-0.1, -0.05) is 13.2 Å². The summed E-state index contributed by atoms with van der Waals surface area (Å²) in [6.07, 6.45) is 0.559. The second-order valence-corrected chi connectivity index (χ2v) is 6.71. The van der Waals surface area contributed by atoms with E-state index in [-0.39, 0.29) is 16.3 Å². The van der Waals surface area contributed by atoms with Gasteiger partial charge in [0.25, 0.3) is 11.8 Å². The minimum atomic E-state index is -0.854. The van der Waals surface area contributed by atoms with E-state index in [1.807, 2.05) is 0 Å². The summed E-state index contributed by atoms with van der Waals surface area (Å²) in [6.45, 7) is 11.8. The van der Waals surface area contributed by atoms with Gasteiger partial charge in [-0.25, -0.2) is 9.59 Å². The van der Waals surface area contributed by atoms with Crippen molar-refractivity contribution in [3.63, 3.8) is 0 Å². The lowest BCUT2D eigenvalue weighted by atomic mass is 10.2. The van der Waals surface area contributed by atoms with Crippen molar-refractivity contribution in [3.05, 3.63) is 35.7 Å². The van der Waals surface area contributed by atoms with Gasteiger partial charge in [-0.05, 0) is 32.7 Å². The van der Waals surface area contributed by atoms with Crippen LogP contribution in [0.4, 0.5) is 4.79 Å². The average Bonchev–Trinajstić information content (AvgIpc) is 2.55. The van der Waals surface area contributed by atoms with Gasteiger partial charge in [-0.2, -0.15) is 0 Å². The van der Waals surface area contributed by atoms with Crippen molar-refractivity contribution >= 4 is 35.8 Å². The third-order valence-corrected chi connectivity index (χ3v) is 3.17. The molecular formula is C16H24N4O6S. The topological polar surface area (TPSA) is 135 Å². The van der Waals surface area contributed by atoms with Crippen LogP contribution in [0.3, 0.4) is 0 Å². The molecule has 11 heteroatoms. The summed E-state index contributed by atoms with van der Waals surface area (Å²) in [5.74, 6) is -2.42. The van der Waals surface area contributed by atoms with Crippen molar-refractivity contribution in [2.75, 3.05) is 14.2 Å². The first kappa shape index (κ1) is 24.1. The molecule has 0 heterocycles.